The zero-order valence-corrected chi connectivity index (χ0v) is 11.0. The molecule has 98 valence electrons. The fourth-order valence-electron chi connectivity index (χ4n) is 1.74. The van der Waals surface area contributed by atoms with Gasteiger partial charge in [0, 0.05) is 0 Å². The summed E-state index contributed by atoms with van der Waals surface area (Å²) in [6.07, 6.45) is 8.48. The van der Waals surface area contributed by atoms with Crippen LogP contribution in [0.4, 0.5) is 0 Å². The third-order valence-electron chi connectivity index (χ3n) is 2.69. The molecular weight excluding hydrogens is 248 g/mol. The summed E-state index contributed by atoms with van der Waals surface area (Å²) < 4.78 is 5.37. The molecule has 0 bridgehead atoms. The minimum absolute atomic E-state index is 0.110. The summed E-state index contributed by atoms with van der Waals surface area (Å²) in [5, 5.41) is 0. The fourth-order valence-corrected chi connectivity index (χ4v) is 1.74. The average molecular weight is 262 g/mol. The summed E-state index contributed by atoms with van der Waals surface area (Å²) in [4.78, 5) is 12.2. The van der Waals surface area contributed by atoms with Gasteiger partial charge in [0.15, 0.2) is 5.78 Å². The summed E-state index contributed by atoms with van der Waals surface area (Å²) in [5.41, 5.74) is 1.48. The molecule has 0 atom stereocenters. The lowest BCUT2D eigenvalue weighted by atomic mass is 10.1. The van der Waals surface area contributed by atoms with Crippen molar-refractivity contribution in [2.75, 3.05) is 6.61 Å². The molecule has 20 heavy (non-hydrogen) atoms. The van der Waals surface area contributed by atoms with Crippen molar-refractivity contribution in [1.29, 1.82) is 0 Å². The van der Waals surface area contributed by atoms with E-state index in [1.54, 1.807) is 24.3 Å². The monoisotopic (exact) mass is 262 g/mol. The van der Waals surface area contributed by atoms with Crippen LogP contribution in [0.5, 0.6) is 5.75 Å². The highest BCUT2D eigenvalue weighted by molar-refractivity contribution is 6.08. The minimum Gasteiger partial charge on any atom is -0.480 e. The number of para-hydroxylation sites is 1. The Morgan fingerprint density at radius 3 is 2.55 bits per heavy atom. The van der Waals surface area contributed by atoms with Gasteiger partial charge in [-0.2, -0.15) is 0 Å². The molecule has 2 aromatic carbocycles. The Hall–Kier alpha value is -2.79. The quantitative estimate of drug-likeness (QED) is 0.467. The van der Waals surface area contributed by atoms with Crippen LogP contribution < -0.4 is 4.74 Å². The molecule has 0 aromatic heterocycles. The zero-order chi connectivity index (χ0) is 14.2. The first-order valence-corrected chi connectivity index (χ1v) is 6.24. The van der Waals surface area contributed by atoms with Gasteiger partial charge in [-0.05, 0) is 23.8 Å². The summed E-state index contributed by atoms with van der Waals surface area (Å²) in [6, 6.07) is 16.7. The summed E-state index contributed by atoms with van der Waals surface area (Å²) in [5.74, 6) is 2.79. The van der Waals surface area contributed by atoms with E-state index in [9.17, 15) is 4.79 Å². The Morgan fingerprint density at radius 2 is 1.80 bits per heavy atom. The first kappa shape index (κ1) is 13.6. The molecule has 0 spiro atoms. The Labute approximate surface area is 118 Å². The molecule has 0 aliphatic carbocycles. The van der Waals surface area contributed by atoms with Gasteiger partial charge in [0.1, 0.15) is 12.4 Å². The zero-order valence-electron chi connectivity index (χ0n) is 11.0. The highest BCUT2D eigenvalue weighted by Gasteiger charge is 2.08. The Balaban J connectivity index is 2.17. The van der Waals surface area contributed by atoms with Crippen molar-refractivity contribution in [3.63, 3.8) is 0 Å². The van der Waals surface area contributed by atoms with Gasteiger partial charge in [0.05, 0.1) is 5.56 Å². The average Bonchev–Trinajstić information content (AvgIpc) is 2.52. The van der Waals surface area contributed by atoms with Crippen molar-refractivity contribution < 1.29 is 9.53 Å². The van der Waals surface area contributed by atoms with Crippen LogP contribution in [-0.2, 0) is 0 Å². The smallest absolute Gasteiger partial charge is 0.189 e. The molecule has 0 saturated carbocycles. The number of ketones is 1. The highest BCUT2D eigenvalue weighted by Crippen LogP contribution is 2.19. The molecular formula is C18H14O2. The van der Waals surface area contributed by atoms with Crippen LogP contribution >= 0.6 is 0 Å². The first-order chi connectivity index (χ1) is 9.81. The van der Waals surface area contributed by atoms with Gasteiger partial charge in [-0.15, -0.1) is 6.42 Å². The van der Waals surface area contributed by atoms with Crippen molar-refractivity contribution in [3.05, 3.63) is 71.8 Å². The maximum atomic E-state index is 12.2. The topological polar surface area (TPSA) is 26.3 Å². The van der Waals surface area contributed by atoms with Gasteiger partial charge < -0.3 is 4.74 Å². The SMILES string of the molecule is C#CCOc1ccccc1C(=O)/C=C/c1ccccc1. The number of ether oxygens (including phenoxy) is 1. The van der Waals surface area contributed by atoms with E-state index in [1.165, 1.54) is 6.08 Å². The predicted molar refractivity (Wildman–Crippen MR) is 80.6 cm³/mol. The van der Waals surface area contributed by atoms with E-state index in [2.05, 4.69) is 5.92 Å². The molecule has 2 rings (SSSR count). The van der Waals surface area contributed by atoms with E-state index in [-0.39, 0.29) is 12.4 Å². The van der Waals surface area contributed by atoms with Gasteiger partial charge in [-0.1, -0.05) is 54.5 Å². The molecule has 0 unspecified atom stereocenters. The van der Waals surface area contributed by atoms with E-state index >= 15 is 0 Å². The molecule has 2 aromatic rings. The van der Waals surface area contributed by atoms with Crippen molar-refractivity contribution in [3.8, 4) is 18.1 Å². The maximum absolute atomic E-state index is 12.2. The molecule has 2 heteroatoms. The fraction of sp³-hybridized carbons (Fsp3) is 0.0556. The van der Waals surface area contributed by atoms with Crippen molar-refractivity contribution in [2.24, 2.45) is 0 Å². The third-order valence-corrected chi connectivity index (χ3v) is 2.69. The second-order valence-corrected chi connectivity index (χ2v) is 4.10. The van der Waals surface area contributed by atoms with Crippen LogP contribution in [0.2, 0.25) is 0 Å². The minimum atomic E-state index is -0.110. The van der Waals surface area contributed by atoms with Gasteiger partial charge in [-0.25, -0.2) is 0 Å². The van der Waals surface area contributed by atoms with Crippen molar-refractivity contribution in [1.82, 2.24) is 0 Å². The number of carbonyl (C=O) groups is 1. The Morgan fingerprint density at radius 1 is 1.10 bits per heavy atom. The molecule has 0 amide bonds. The van der Waals surface area contributed by atoms with Gasteiger partial charge in [0.2, 0.25) is 0 Å². The second-order valence-electron chi connectivity index (χ2n) is 4.10. The first-order valence-electron chi connectivity index (χ1n) is 6.24. The van der Waals surface area contributed by atoms with Crippen molar-refractivity contribution >= 4 is 11.9 Å². The lowest BCUT2D eigenvalue weighted by Gasteiger charge is -2.06. The van der Waals surface area contributed by atoms with E-state index < -0.39 is 0 Å². The third kappa shape index (κ3) is 3.60. The highest BCUT2D eigenvalue weighted by atomic mass is 16.5. The van der Waals surface area contributed by atoms with Crippen LogP contribution in [0.25, 0.3) is 6.08 Å². The Bertz CT molecular complexity index is 649. The number of rotatable bonds is 5. The molecule has 0 heterocycles. The number of carbonyl (C=O) groups excluding carboxylic acids is 1. The number of hydrogen-bond acceptors (Lipinski definition) is 2. The number of allylic oxidation sites excluding steroid dienone is 1. The van der Waals surface area contributed by atoms with Crippen LogP contribution in [0, 0.1) is 12.3 Å². The predicted octanol–water partition coefficient (Wildman–Crippen LogP) is 3.59. The van der Waals surface area contributed by atoms with Crippen LogP contribution in [0.1, 0.15) is 15.9 Å². The molecule has 0 fully saturated rings. The summed E-state index contributed by atoms with van der Waals surface area (Å²) >= 11 is 0. The molecule has 0 aliphatic rings. The molecule has 0 N–H and O–H groups in total. The lowest BCUT2D eigenvalue weighted by Crippen LogP contribution is -2.01. The van der Waals surface area contributed by atoms with Gasteiger partial charge in [0.25, 0.3) is 0 Å². The normalized spacial score (nSPS) is 10.2. The summed E-state index contributed by atoms with van der Waals surface area (Å²) in [6.45, 7) is 0.146. The van der Waals surface area contributed by atoms with E-state index in [4.69, 9.17) is 11.2 Å². The van der Waals surface area contributed by atoms with Crippen molar-refractivity contribution in [2.45, 2.75) is 0 Å². The maximum Gasteiger partial charge on any atom is 0.189 e. The molecule has 0 saturated heterocycles. The van der Waals surface area contributed by atoms with Gasteiger partial charge >= 0.3 is 0 Å². The second kappa shape index (κ2) is 6.96. The molecule has 2 nitrogen and oxygen atoms in total. The van der Waals surface area contributed by atoms with Crippen LogP contribution in [0.15, 0.2) is 60.7 Å². The van der Waals surface area contributed by atoms with Gasteiger partial charge in [-0.3, -0.25) is 4.79 Å². The molecule has 0 radical (unpaired) electrons. The van der Waals surface area contributed by atoms with E-state index in [1.807, 2.05) is 36.4 Å². The number of terminal acetylenes is 1. The lowest BCUT2D eigenvalue weighted by molar-refractivity contribution is 0.104. The van der Waals surface area contributed by atoms with Crippen LogP contribution in [0.3, 0.4) is 0 Å². The summed E-state index contributed by atoms with van der Waals surface area (Å²) in [7, 11) is 0. The standard InChI is InChI=1S/C18H14O2/c1-2-14-20-18-11-7-6-10-16(18)17(19)13-12-15-8-4-3-5-9-15/h1,3-13H,14H2/b13-12+. The number of benzene rings is 2. The number of hydrogen-bond donors (Lipinski definition) is 0. The molecule has 0 aliphatic heterocycles. The van der Waals surface area contributed by atoms with Crippen LogP contribution in [-0.4, -0.2) is 12.4 Å². The largest absolute Gasteiger partial charge is 0.480 e. The Kier molecular flexibility index (Phi) is 4.75. The van der Waals surface area contributed by atoms with E-state index in [0.717, 1.165) is 5.56 Å². The van der Waals surface area contributed by atoms with E-state index in [0.29, 0.717) is 11.3 Å².